The van der Waals surface area contributed by atoms with Crippen LogP contribution < -0.4 is 4.74 Å². The summed E-state index contributed by atoms with van der Waals surface area (Å²) in [6, 6.07) is 7.53. The van der Waals surface area contributed by atoms with Crippen LogP contribution in [0.15, 0.2) is 30.5 Å². The van der Waals surface area contributed by atoms with E-state index in [1.165, 1.54) is 12.8 Å². The lowest BCUT2D eigenvalue weighted by Gasteiger charge is -2.11. The van der Waals surface area contributed by atoms with Gasteiger partial charge >= 0.3 is 5.97 Å². The molecule has 3 rings (SSSR count). The number of carbonyl (C=O) groups is 2. The zero-order chi connectivity index (χ0) is 19.1. The van der Waals surface area contributed by atoms with Crippen LogP contribution in [0.1, 0.15) is 73.7 Å². The van der Waals surface area contributed by atoms with Crippen LogP contribution in [0.5, 0.6) is 5.75 Å². The number of ether oxygens (including phenoxy) is 1. The number of aromatic nitrogens is 2. The van der Waals surface area contributed by atoms with Crippen LogP contribution in [0.25, 0.3) is 0 Å². The maximum atomic E-state index is 12.1. The van der Waals surface area contributed by atoms with E-state index < -0.39 is 0 Å². The van der Waals surface area contributed by atoms with E-state index in [-0.39, 0.29) is 5.97 Å². The van der Waals surface area contributed by atoms with E-state index in [9.17, 15) is 9.59 Å². The van der Waals surface area contributed by atoms with Crippen molar-refractivity contribution in [2.24, 2.45) is 5.92 Å². The molecular formula is C22H28N2O3. The monoisotopic (exact) mass is 368 g/mol. The zero-order valence-electron chi connectivity index (χ0n) is 16.0. The molecule has 0 amide bonds. The van der Waals surface area contributed by atoms with Gasteiger partial charge in [0.15, 0.2) is 6.29 Å². The number of rotatable bonds is 9. The van der Waals surface area contributed by atoms with E-state index in [1.807, 2.05) is 28.8 Å². The Morgan fingerprint density at radius 1 is 1.26 bits per heavy atom. The Balaban J connectivity index is 1.61. The van der Waals surface area contributed by atoms with Gasteiger partial charge in [-0.05, 0) is 42.9 Å². The van der Waals surface area contributed by atoms with Crippen molar-refractivity contribution in [2.45, 2.75) is 64.8 Å². The summed E-state index contributed by atoms with van der Waals surface area (Å²) in [6.07, 6.45) is 10.7. The van der Waals surface area contributed by atoms with Gasteiger partial charge in [0.2, 0.25) is 0 Å². The highest BCUT2D eigenvalue weighted by Crippen LogP contribution is 2.28. The fraction of sp³-hybridized carbons (Fsp3) is 0.500. The first kappa shape index (κ1) is 19.3. The fourth-order valence-electron chi connectivity index (χ4n) is 3.71. The Morgan fingerprint density at radius 3 is 2.67 bits per heavy atom. The van der Waals surface area contributed by atoms with Gasteiger partial charge in [0.25, 0.3) is 0 Å². The predicted octanol–water partition coefficient (Wildman–Crippen LogP) is 4.57. The summed E-state index contributed by atoms with van der Waals surface area (Å²) >= 11 is 0. The molecule has 5 nitrogen and oxygen atoms in total. The molecule has 0 spiro atoms. The summed E-state index contributed by atoms with van der Waals surface area (Å²) < 4.78 is 7.44. The number of unbranched alkanes of at least 4 members (excludes halogenated alkanes) is 1. The Hall–Kier alpha value is -2.43. The van der Waals surface area contributed by atoms with Crippen molar-refractivity contribution in [1.29, 1.82) is 0 Å². The number of hydrogen-bond donors (Lipinski definition) is 0. The SMILES string of the molecule is CCCCc1ncc(C=O)n1Cc1ccc(OC(=O)CC2CCCC2)cc1. The van der Waals surface area contributed by atoms with Crippen molar-refractivity contribution in [3.8, 4) is 5.75 Å². The van der Waals surface area contributed by atoms with E-state index in [2.05, 4.69) is 11.9 Å². The van der Waals surface area contributed by atoms with Crippen LogP contribution in [0, 0.1) is 5.92 Å². The lowest BCUT2D eigenvalue weighted by molar-refractivity contribution is -0.135. The summed E-state index contributed by atoms with van der Waals surface area (Å²) in [7, 11) is 0. The average molecular weight is 368 g/mol. The second kappa shape index (κ2) is 9.49. The summed E-state index contributed by atoms with van der Waals surface area (Å²) in [5, 5.41) is 0. The molecule has 0 atom stereocenters. The summed E-state index contributed by atoms with van der Waals surface area (Å²) in [6.45, 7) is 2.73. The highest BCUT2D eigenvalue weighted by molar-refractivity contribution is 5.73. The molecular weight excluding hydrogens is 340 g/mol. The molecule has 1 aromatic carbocycles. The summed E-state index contributed by atoms with van der Waals surface area (Å²) in [5.74, 6) is 1.86. The number of aryl methyl sites for hydroxylation is 1. The maximum Gasteiger partial charge on any atom is 0.311 e. The first-order valence-electron chi connectivity index (χ1n) is 9.98. The van der Waals surface area contributed by atoms with Gasteiger partial charge in [0, 0.05) is 19.4 Å². The largest absolute Gasteiger partial charge is 0.427 e. The third-order valence-electron chi connectivity index (χ3n) is 5.27. The molecule has 0 unspecified atom stereocenters. The average Bonchev–Trinajstić information content (AvgIpc) is 3.31. The minimum atomic E-state index is -0.144. The minimum Gasteiger partial charge on any atom is -0.427 e. The van der Waals surface area contributed by atoms with Crippen LogP contribution in [-0.4, -0.2) is 21.8 Å². The fourth-order valence-corrected chi connectivity index (χ4v) is 3.71. The number of nitrogens with zero attached hydrogens (tertiary/aromatic N) is 2. The molecule has 1 fully saturated rings. The highest BCUT2D eigenvalue weighted by atomic mass is 16.5. The first-order valence-corrected chi connectivity index (χ1v) is 9.98. The van der Waals surface area contributed by atoms with Gasteiger partial charge in [-0.3, -0.25) is 9.59 Å². The van der Waals surface area contributed by atoms with E-state index in [0.717, 1.165) is 49.8 Å². The van der Waals surface area contributed by atoms with Crippen LogP contribution >= 0.6 is 0 Å². The molecule has 0 bridgehead atoms. The van der Waals surface area contributed by atoms with Crippen LogP contribution in [0.2, 0.25) is 0 Å². The second-order valence-corrected chi connectivity index (χ2v) is 7.38. The van der Waals surface area contributed by atoms with Gasteiger partial charge in [0.1, 0.15) is 17.3 Å². The van der Waals surface area contributed by atoms with Crippen molar-refractivity contribution in [3.05, 3.63) is 47.5 Å². The molecule has 2 aromatic rings. The summed E-state index contributed by atoms with van der Waals surface area (Å²) in [4.78, 5) is 27.8. The molecule has 144 valence electrons. The lowest BCUT2D eigenvalue weighted by Crippen LogP contribution is -2.12. The number of benzene rings is 1. The van der Waals surface area contributed by atoms with Crippen LogP contribution in [-0.2, 0) is 17.8 Å². The Labute approximate surface area is 160 Å². The third kappa shape index (κ3) is 5.28. The molecule has 0 aliphatic heterocycles. The Kier molecular flexibility index (Phi) is 6.80. The molecule has 0 radical (unpaired) electrons. The van der Waals surface area contributed by atoms with Gasteiger partial charge in [-0.2, -0.15) is 0 Å². The van der Waals surface area contributed by atoms with Crippen molar-refractivity contribution in [3.63, 3.8) is 0 Å². The van der Waals surface area contributed by atoms with Gasteiger partial charge in [0.05, 0.1) is 6.20 Å². The van der Waals surface area contributed by atoms with Gasteiger partial charge in [-0.1, -0.05) is 38.3 Å². The van der Waals surface area contributed by atoms with Crippen molar-refractivity contribution >= 4 is 12.3 Å². The molecule has 0 saturated heterocycles. The number of imidazole rings is 1. The number of esters is 1. The van der Waals surface area contributed by atoms with E-state index >= 15 is 0 Å². The van der Waals surface area contributed by atoms with Gasteiger partial charge in [-0.25, -0.2) is 4.98 Å². The summed E-state index contributed by atoms with van der Waals surface area (Å²) in [5.41, 5.74) is 1.64. The number of carbonyl (C=O) groups excluding carboxylic acids is 2. The predicted molar refractivity (Wildman–Crippen MR) is 104 cm³/mol. The number of aldehydes is 1. The highest BCUT2D eigenvalue weighted by Gasteiger charge is 2.19. The Morgan fingerprint density at radius 2 is 2.00 bits per heavy atom. The molecule has 5 heteroatoms. The second-order valence-electron chi connectivity index (χ2n) is 7.38. The molecule has 1 heterocycles. The molecule has 27 heavy (non-hydrogen) atoms. The quantitative estimate of drug-likeness (QED) is 0.369. The lowest BCUT2D eigenvalue weighted by atomic mass is 10.0. The standard InChI is InChI=1S/C22H28N2O3/c1-2-3-8-21-23-14-19(16-25)24(21)15-18-9-11-20(12-10-18)27-22(26)13-17-6-4-5-7-17/h9-12,14,16-17H,2-8,13,15H2,1H3. The molecule has 1 aromatic heterocycles. The maximum absolute atomic E-state index is 12.1. The van der Waals surface area contributed by atoms with Crippen molar-refractivity contribution in [1.82, 2.24) is 9.55 Å². The normalized spacial score (nSPS) is 14.4. The van der Waals surface area contributed by atoms with Crippen molar-refractivity contribution in [2.75, 3.05) is 0 Å². The topological polar surface area (TPSA) is 61.2 Å². The van der Waals surface area contributed by atoms with Gasteiger partial charge in [-0.15, -0.1) is 0 Å². The molecule has 1 aliphatic carbocycles. The minimum absolute atomic E-state index is 0.144. The molecule has 1 saturated carbocycles. The smallest absolute Gasteiger partial charge is 0.311 e. The van der Waals surface area contributed by atoms with Crippen molar-refractivity contribution < 1.29 is 14.3 Å². The van der Waals surface area contributed by atoms with E-state index in [0.29, 0.717) is 30.3 Å². The zero-order valence-corrected chi connectivity index (χ0v) is 16.0. The Bertz CT molecular complexity index is 758. The van der Waals surface area contributed by atoms with Crippen LogP contribution in [0.4, 0.5) is 0 Å². The molecule has 1 aliphatic rings. The van der Waals surface area contributed by atoms with E-state index in [4.69, 9.17) is 4.74 Å². The molecule has 0 N–H and O–H groups in total. The van der Waals surface area contributed by atoms with Gasteiger partial charge < -0.3 is 9.30 Å². The third-order valence-corrected chi connectivity index (χ3v) is 5.27. The van der Waals surface area contributed by atoms with Crippen LogP contribution in [0.3, 0.4) is 0 Å². The van der Waals surface area contributed by atoms with E-state index in [1.54, 1.807) is 6.20 Å². The number of hydrogen-bond acceptors (Lipinski definition) is 4. The first-order chi connectivity index (χ1) is 13.2.